The van der Waals surface area contributed by atoms with Crippen molar-refractivity contribution >= 4 is 44.8 Å². The second-order valence-electron chi connectivity index (χ2n) is 5.24. The van der Waals surface area contributed by atoms with Gasteiger partial charge < -0.3 is 10.1 Å². The predicted molar refractivity (Wildman–Crippen MR) is 98.4 cm³/mol. The third-order valence-corrected chi connectivity index (χ3v) is 6.76. The monoisotopic (exact) mass is 416 g/mol. The van der Waals surface area contributed by atoms with Crippen LogP contribution in [0.5, 0.6) is 0 Å². The first-order chi connectivity index (χ1) is 12.3. The third kappa shape index (κ3) is 5.80. The molecule has 0 aliphatic rings. The number of hydrogen-bond donors (Lipinski definition) is 1. The van der Waals surface area contributed by atoms with Gasteiger partial charge >= 0.3 is 5.97 Å². The number of likely N-dealkylation sites (N-methyl/N-ethyl adjacent to an activating group) is 1. The molecule has 0 saturated carbocycles. The molecular weight excluding hydrogens is 400 g/mol. The lowest BCUT2D eigenvalue weighted by Gasteiger charge is -2.15. The summed E-state index contributed by atoms with van der Waals surface area (Å²) in [6.07, 6.45) is 0. The van der Waals surface area contributed by atoms with Crippen molar-refractivity contribution in [1.82, 2.24) is 9.62 Å². The topological polar surface area (TPSA) is 92.8 Å². The number of hydrogen-bond acceptors (Lipinski definition) is 6. The number of thiophene rings is 1. The molecule has 0 bridgehead atoms. The van der Waals surface area contributed by atoms with Crippen LogP contribution in [0.25, 0.3) is 0 Å². The van der Waals surface area contributed by atoms with Gasteiger partial charge in [0.2, 0.25) is 0 Å². The van der Waals surface area contributed by atoms with E-state index in [-0.39, 0.29) is 4.21 Å². The standard InChI is InChI=1S/C16H17ClN2O5S2/c1-19(26(22,23)16-8-7-13(17)25-16)10-15(21)24-11-14(20)18-9-12-5-3-2-4-6-12/h2-8H,9-11H2,1H3,(H,18,20). The third-order valence-electron chi connectivity index (χ3n) is 3.26. The van der Waals surface area contributed by atoms with Crippen molar-refractivity contribution in [2.45, 2.75) is 10.8 Å². The Labute approximate surface area is 160 Å². The average molecular weight is 417 g/mol. The summed E-state index contributed by atoms with van der Waals surface area (Å²) in [6.45, 7) is -0.682. The number of benzene rings is 1. The van der Waals surface area contributed by atoms with Gasteiger partial charge in [-0.05, 0) is 17.7 Å². The number of ether oxygens (including phenoxy) is 1. The zero-order chi connectivity index (χ0) is 19.2. The Bertz CT molecular complexity index is 868. The van der Waals surface area contributed by atoms with Gasteiger partial charge in [0.15, 0.2) is 6.61 Å². The first-order valence-corrected chi connectivity index (χ1v) is 10.1. The largest absolute Gasteiger partial charge is 0.455 e. The molecule has 10 heteroatoms. The lowest BCUT2D eigenvalue weighted by atomic mass is 10.2. The fraction of sp³-hybridized carbons (Fsp3) is 0.250. The summed E-state index contributed by atoms with van der Waals surface area (Å²) in [5, 5.41) is 2.61. The summed E-state index contributed by atoms with van der Waals surface area (Å²) in [7, 11) is -2.58. The fourth-order valence-electron chi connectivity index (χ4n) is 1.90. The predicted octanol–water partition coefficient (Wildman–Crippen LogP) is 1.88. The molecule has 0 unspecified atom stereocenters. The molecule has 1 amide bonds. The summed E-state index contributed by atoms with van der Waals surface area (Å²) >= 11 is 6.63. The number of nitrogens with one attached hydrogen (secondary N) is 1. The Balaban J connectivity index is 1.78. The van der Waals surface area contributed by atoms with Crippen LogP contribution in [0.4, 0.5) is 0 Å². The molecule has 1 aromatic carbocycles. The minimum Gasteiger partial charge on any atom is -0.455 e. The van der Waals surface area contributed by atoms with E-state index in [1.807, 2.05) is 30.3 Å². The van der Waals surface area contributed by atoms with Crippen LogP contribution in [0.3, 0.4) is 0 Å². The van der Waals surface area contributed by atoms with E-state index in [0.717, 1.165) is 21.2 Å². The molecule has 0 spiro atoms. The van der Waals surface area contributed by atoms with Crippen molar-refractivity contribution in [2.75, 3.05) is 20.2 Å². The number of esters is 1. The molecule has 1 N–H and O–H groups in total. The zero-order valence-electron chi connectivity index (χ0n) is 13.8. The van der Waals surface area contributed by atoms with Gasteiger partial charge in [-0.25, -0.2) is 8.42 Å². The summed E-state index contributed by atoms with van der Waals surface area (Å²) in [5.41, 5.74) is 0.910. The highest BCUT2D eigenvalue weighted by Gasteiger charge is 2.25. The number of sulfonamides is 1. The van der Waals surface area contributed by atoms with Crippen LogP contribution in [0.15, 0.2) is 46.7 Å². The maximum atomic E-state index is 12.3. The van der Waals surface area contributed by atoms with Crippen LogP contribution in [-0.2, 0) is 30.9 Å². The number of halogens is 1. The molecule has 26 heavy (non-hydrogen) atoms. The Hall–Kier alpha value is -1.94. The Morgan fingerprint density at radius 3 is 2.50 bits per heavy atom. The van der Waals surface area contributed by atoms with E-state index >= 15 is 0 Å². The van der Waals surface area contributed by atoms with Crippen LogP contribution in [0, 0.1) is 0 Å². The van der Waals surface area contributed by atoms with Gasteiger partial charge in [-0.3, -0.25) is 9.59 Å². The molecule has 2 aromatic rings. The first kappa shape index (κ1) is 20.4. The van der Waals surface area contributed by atoms with Crippen molar-refractivity contribution < 1.29 is 22.7 Å². The number of carbonyl (C=O) groups excluding carboxylic acids is 2. The van der Waals surface area contributed by atoms with Crippen molar-refractivity contribution in [1.29, 1.82) is 0 Å². The van der Waals surface area contributed by atoms with Gasteiger partial charge in [-0.1, -0.05) is 41.9 Å². The van der Waals surface area contributed by atoms with E-state index in [4.69, 9.17) is 16.3 Å². The van der Waals surface area contributed by atoms with Crippen LogP contribution < -0.4 is 5.32 Å². The Morgan fingerprint density at radius 2 is 1.88 bits per heavy atom. The summed E-state index contributed by atoms with van der Waals surface area (Å²) in [4.78, 5) is 23.5. The van der Waals surface area contributed by atoms with E-state index in [1.165, 1.54) is 19.2 Å². The quantitative estimate of drug-likeness (QED) is 0.663. The van der Waals surface area contributed by atoms with E-state index in [0.29, 0.717) is 10.9 Å². The molecule has 0 atom stereocenters. The van der Waals surface area contributed by atoms with Gasteiger partial charge in [0, 0.05) is 13.6 Å². The molecule has 1 aromatic heterocycles. The lowest BCUT2D eigenvalue weighted by molar-refractivity contribution is -0.148. The molecule has 0 fully saturated rings. The van der Waals surface area contributed by atoms with Gasteiger partial charge in [-0.15, -0.1) is 11.3 Å². The van der Waals surface area contributed by atoms with Gasteiger partial charge in [0.25, 0.3) is 15.9 Å². The van der Waals surface area contributed by atoms with Crippen LogP contribution in [-0.4, -0.2) is 44.8 Å². The summed E-state index contributed by atoms with van der Waals surface area (Å²) in [5.74, 6) is -1.30. The van der Waals surface area contributed by atoms with Crippen LogP contribution >= 0.6 is 22.9 Å². The zero-order valence-corrected chi connectivity index (χ0v) is 16.2. The first-order valence-electron chi connectivity index (χ1n) is 7.47. The molecule has 1 heterocycles. The van der Waals surface area contributed by atoms with E-state index < -0.39 is 35.1 Å². The minimum absolute atomic E-state index is 0.0263. The highest BCUT2D eigenvalue weighted by atomic mass is 35.5. The highest BCUT2D eigenvalue weighted by Crippen LogP contribution is 2.27. The summed E-state index contributed by atoms with van der Waals surface area (Å²) in [6, 6.07) is 12.1. The van der Waals surface area contributed by atoms with Crippen molar-refractivity contribution in [2.24, 2.45) is 0 Å². The lowest BCUT2D eigenvalue weighted by Crippen LogP contribution is -2.35. The Morgan fingerprint density at radius 1 is 1.19 bits per heavy atom. The molecule has 2 rings (SSSR count). The second-order valence-corrected chi connectivity index (χ2v) is 9.23. The molecule has 7 nitrogen and oxygen atoms in total. The fourth-order valence-corrected chi connectivity index (χ4v) is 4.70. The van der Waals surface area contributed by atoms with E-state index in [9.17, 15) is 18.0 Å². The highest BCUT2D eigenvalue weighted by molar-refractivity contribution is 7.91. The van der Waals surface area contributed by atoms with Crippen LogP contribution in [0.1, 0.15) is 5.56 Å². The SMILES string of the molecule is CN(CC(=O)OCC(=O)NCc1ccccc1)S(=O)(=O)c1ccc(Cl)s1. The minimum atomic E-state index is -3.83. The normalized spacial score (nSPS) is 11.3. The number of nitrogens with zero attached hydrogens (tertiary/aromatic N) is 1. The molecule has 0 radical (unpaired) electrons. The van der Waals surface area contributed by atoms with Gasteiger partial charge in [0.05, 0.1) is 4.34 Å². The van der Waals surface area contributed by atoms with Gasteiger partial charge in [0.1, 0.15) is 10.8 Å². The Kier molecular flexibility index (Phi) is 7.15. The maximum absolute atomic E-state index is 12.3. The molecule has 0 saturated heterocycles. The van der Waals surface area contributed by atoms with E-state index in [2.05, 4.69) is 5.32 Å². The van der Waals surface area contributed by atoms with Crippen molar-refractivity contribution in [3.05, 3.63) is 52.4 Å². The van der Waals surface area contributed by atoms with Crippen LogP contribution in [0.2, 0.25) is 4.34 Å². The number of amides is 1. The molecule has 0 aliphatic carbocycles. The molecule has 0 aliphatic heterocycles. The van der Waals surface area contributed by atoms with E-state index in [1.54, 1.807) is 0 Å². The molecular formula is C16H17ClN2O5S2. The second kappa shape index (κ2) is 9.13. The maximum Gasteiger partial charge on any atom is 0.321 e. The number of rotatable bonds is 8. The average Bonchev–Trinajstić information content (AvgIpc) is 3.06. The summed E-state index contributed by atoms with van der Waals surface area (Å²) < 4.78 is 30.6. The number of carbonyl (C=O) groups is 2. The molecule has 140 valence electrons. The smallest absolute Gasteiger partial charge is 0.321 e. The van der Waals surface area contributed by atoms with Crippen molar-refractivity contribution in [3.8, 4) is 0 Å². The van der Waals surface area contributed by atoms with Crippen molar-refractivity contribution in [3.63, 3.8) is 0 Å². The van der Waals surface area contributed by atoms with Gasteiger partial charge in [-0.2, -0.15) is 4.31 Å².